The van der Waals surface area contributed by atoms with Gasteiger partial charge in [0.2, 0.25) is 0 Å². The molecule has 0 aliphatic carbocycles. The number of quaternary nitrogens is 1. The minimum Gasteiger partial charge on any atom is -0.497 e. The zero-order chi connectivity index (χ0) is 18.7. The quantitative estimate of drug-likeness (QED) is 0.617. The maximum absolute atomic E-state index is 12.1. The molecule has 0 saturated carbocycles. The van der Waals surface area contributed by atoms with Crippen LogP contribution in [0.2, 0.25) is 0 Å². The van der Waals surface area contributed by atoms with Gasteiger partial charge in [-0.25, -0.2) is 0 Å². The summed E-state index contributed by atoms with van der Waals surface area (Å²) >= 11 is 0. The fourth-order valence-corrected chi connectivity index (χ4v) is 3.55. The van der Waals surface area contributed by atoms with Crippen molar-refractivity contribution < 1.29 is 19.3 Å². The van der Waals surface area contributed by atoms with Gasteiger partial charge in [0.05, 0.1) is 37.4 Å². The Kier molecular flexibility index (Phi) is 5.22. The van der Waals surface area contributed by atoms with Crippen LogP contribution in [0, 0.1) is 10.1 Å². The Labute approximate surface area is 150 Å². The van der Waals surface area contributed by atoms with E-state index in [1.165, 1.54) is 27.8 Å². The molecule has 1 unspecified atom stereocenters. The number of benzene rings is 1. The second-order valence-electron chi connectivity index (χ2n) is 6.32. The number of likely N-dealkylation sites (tertiary alicyclic amines) is 1. The highest BCUT2D eigenvalue weighted by Gasteiger charge is 2.32. The highest BCUT2D eigenvalue weighted by Crippen LogP contribution is 2.31. The zero-order valence-corrected chi connectivity index (χ0v) is 14.8. The van der Waals surface area contributed by atoms with Crippen LogP contribution in [0.25, 0.3) is 0 Å². The lowest BCUT2D eigenvalue weighted by Gasteiger charge is -2.24. The van der Waals surface area contributed by atoms with Crippen LogP contribution in [0.1, 0.15) is 24.4 Å². The number of nitro groups is 1. The molecule has 2 atom stereocenters. The fraction of sp³-hybridized carbons (Fsp3) is 0.389. The lowest BCUT2D eigenvalue weighted by Crippen LogP contribution is -3.09. The first-order chi connectivity index (χ1) is 12.5. The number of aromatic nitrogens is 1. The minimum absolute atomic E-state index is 0.0817. The maximum Gasteiger partial charge on any atom is 0.285 e. The largest absolute Gasteiger partial charge is 0.497 e. The van der Waals surface area contributed by atoms with Crippen LogP contribution in [0.15, 0.2) is 41.3 Å². The van der Waals surface area contributed by atoms with E-state index in [2.05, 4.69) is 0 Å². The molecule has 138 valence electrons. The van der Waals surface area contributed by atoms with Crippen LogP contribution in [0.4, 0.5) is 5.69 Å². The number of hydrogen-bond acceptors (Lipinski definition) is 5. The molecule has 0 bridgehead atoms. The molecule has 2 heterocycles. The van der Waals surface area contributed by atoms with Crippen molar-refractivity contribution in [2.75, 3.05) is 20.8 Å². The predicted octanol–water partition coefficient (Wildman–Crippen LogP) is 1.15. The van der Waals surface area contributed by atoms with E-state index in [4.69, 9.17) is 9.47 Å². The molecule has 8 heteroatoms. The first-order valence-electron chi connectivity index (χ1n) is 8.45. The second-order valence-corrected chi connectivity index (χ2v) is 6.32. The summed E-state index contributed by atoms with van der Waals surface area (Å²) in [6.45, 7) is 1.26. The van der Waals surface area contributed by atoms with Crippen molar-refractivity contribution in [2.24, 2.45) is 0 Å². The third kappa shape index (κ3) is 3.55. The number of methoxy groups -OCH3 is 2. The van der Waals surface area contributed by atoms with E-state index in [1.807, 2.05) is 18.2 Å². The standard InChI is InChI=1S/C18H21N3O5/c1-25-14-6-7-15(17(10-14)26-2)16-4-3-9-19(16)12-20-11-13(21(23)24)5-8-18(20)22/h5-8,10-11,16H,3-4,9,12H2,1-2H3/p+1/t16-/m0/s1. The zero-order valence-electron chi connectivity index (χ0n) is 14.8. The van der Waals surface area contributed by atoms with Crippen LogP contribution in [-0.2, 0) is 6.67 Å². The average Bonchev–Trinajstić information content (AvgIpc) is 3.10. The van der Waals surface area contributed by atoms with Crippen molar-refractivity contribution >= 4 is 5.69 Å². The molecule has 1 N–H and O–H groups in total. The van der Waals surface area contributed by atoms with Gasteiger partial charge in [-0.2, -0.15) is 0 Å². The van der Waals surface area contributed by atoms with E-state index in [0.29, 0.717) is 6.67 Å². The molecule has 1 aromatic heterocycles. The van der Waals surface area contributed by atoms with Gasteiger partial charge in [-0.15, -0.1) is 0 Å². The molecule has 0 spiro atoms. The second kappa shape index (κ2) is 7.57. The smallest absolute Gasteiger partial charge is 0.285 e. The number of hydrogen-bond donors (Lipinski definition) is 1. The number of nitrogens with zero attached hydrogens (tertiary/aromatic N) is 2. The van der Waals surface area contributed by atoms with Gasteiger partial charge < -0.3 is 14.4 Å². The summed E-state index contributed by atoms with van der Waals surface area (Å²) in [4.78, 5) is 23.8. The summed E-state index contributed by atoms with van der Waals surface area (Å²) in [5, 5.41) is 11.0. The van der Waals surface area contributed by atoms with Gasteiger partial charge in [-0.05, 0) is 12.1 Å². The van der Waals surface area contributed by atoms with Gasteiger partial charge in [0, 0.05) is 31.0 Å². The molecule has 1 aliphatic rings. The number of ether oxygens (including phenoxy) is 2. The van der Waals surface area contributed by atoms with Crippen molar-refractivity contribution in [3.8, 4) is 11.5 Å². The van der Waals surface area contributed by atoms with E-state index >= 15 is 0 Å². The molecule has 8 nitrogen and oxygen atoms in total. The van der Waals surface area contributed by atoms with Crippen molar-refractivity contribution in [3.05, 3.63) is 62.6 Å². The Balaban J connectivity index is 1.89. The summed E-state index contributed by atoms with van der Waals surface area (Å²) in [6, 6.07) is 8.38. The van der Waals surface area contributed by atoms with E-state index in [0.717, 1.165) is 36.4 Å². The lowest BCUT2D eigenvalue weighted by atomic mass is 10.0. The normalized spacial score (nSPS) is 19.3. The lowest BCUT2D eigenvalue weighted by molar-refractivity contribution is -0.940. The van der Waals surface area contributed by atoms with E-state index in [1.54, 1.807) is 14.2 Å². The first-order valence-corrected chi connectivity index (χ1v) is 8.45. The van der Waals surface area contributed by atoms with Crippen LogP contribution in [0.5, 0.6) is 11.5 Å². The number of pyridine rings is 1. The van der Waals surface area contributed by atoms with Crippen molar-refractivity contribution in [1.29, 1.82) is 0 Å². The molecular weight excluding hydrogens is 338 g/mol. The van der Waals surface area contributed by atoms with Crippen molar-refractivity contribution in [1.82, 2.24) is 4.57 Å². The summed E-state index contributed by atoms with van der Waals surface area (Å²) in [5.41, 5.74) is 0.733. The molecule has 0 amide bonds. The van der Waals surface area contributed by atoms with Gasteiger partial charge in [-0.1, -0.05) is 0 Å². The Morgan fingerprint density at radius 2 is 2.08 bits per heavy atom. The van der Waals surface area contributed by atoms with E-state index in [9.17, 15) is 14.9 Å². The van der Waals surface area contributed by atoms with Gasteiger partial charge >= 0.3 is 0 Å². The Hall–Kier alpha value is -2.87. The molecule has 3 rings (SSSR count). The van der Waals surface area contributed by atoms with E-state index in [-0.39, 0.29) is 17.3 Å². The molecule has 1 aromatic carbocycles. The topological polar surface area (TPSA) is 88.0 Å². The molecule has 1 saturated heterocycles. The predicted molar refractivity (Wildman–Crippen MR) is 94.7 cm³/mol. The maximum atomic E-state index is 12.1. The Morgan fingerprint density at radius 1 is 1.27 bits per heavy atom. The first kappa shape index (κ1) is 17.9. The fourth-order valence-electron chi connectivity index (χ4n) is 3.55. The van der Waals surface area contributed by atoms with Crippen LogP contribution >= 0.6 is 0 Å². The third-order valence-electron chi connectivity index (χ3n) is 4.85. The minimum atomic E-state index is -0.487. The van der Waals surface area contributed by atoms with Gasteiger partial charge in [0.15, 0.2) is 6.67 Å². The molecular formula is C18H22N3O5+. The van der Waals surface area contributed by atoms with Crippen molar-refractivity contribution in [2.45, 2.75) is 25.6 Å². The molecule has 1 fully saturated rings. The van der Waals surface area contributed by atoms with E-state index < -0.39 is 4.92 Å². The summed E-state index contributed by atoms with van der Waals surface area (Å²) in [5.74, 6) is 1.47. The Bertz CT molecular complexity index is 864. The SMILES string of the molecule is COc1ccc([C@@H]2CCC[NH+]2Cn2cc([N+](=O)[O-])ccc2=O)c(OC)c1. The number of rotatable bonds is 6. The van der Waals surface area contributed by atoms with Crippen LogP contribution in [0.3, 0.4) is 0 Å². The highest BCUT2D eigenvalue weighted by atomic mass is 16.6. The average molecular weight is 360 g/mol. The highest BCUT2D eigenvalue weighted by molar-refractivity contribution is 5.42. The monoisotopic (exact) mass is 360 g/mol. The summed E-state index contributed by atoms with van der Waals surface area (Å²) < 4.78 is 12.2. The van der Waals surface area contributed by atoms with Crippen molar-refractivity contribution in [3.63, 3.8) is 0 Å². The third-order valence-corrected chi connectivity index (χ3v) is 4.85. The van der Waals surface area contributed by atoms with Gasteiger partial charge in [-0.3, -0.25) is 19.5 Å². The van der Waals surface area contributed by atoms with Gasteiger partial charge in [0.25, 0.3) is 11.2 Å². The molecule has 1 aliphatic heterocycles. The molecule has 26 heavy (non-hydrogen) atoms. The van der Waals surface area contributed by atoms with Crippen LogP contribution in [-0.4, -0.2) is 30.3 Å². The van der Waals surface area contributed by atoms with Crippen LogP contribution < -0.4 is 19.9 Å². The molecule has 2 aromatic rings. The Morgan fingerprint density at radius 3 is 2.77 bits per heavy atom. The molecule has 0 radical (unpaired) electrons. The number of nitrogens with one attached hydrogen (secondary N) is 1. The van der Waals surface area contributed by atoms with Gasteiger partial charge in [0.1, 0.15) is 17.5 Å². The summed E-state index contributed by atoms with van der Waals surface area (Å²) in [6.07, 6.45) is 3.29. The summed E-state index contributed by atoms with van der Waals surface area (Å²) in [7, 11) is 3.23.